The average molecular weight is 340 g/mol. The number of amides is 3. The standard InChI is InChI=1S/C14H18BrN3O2/c15-12-3-1-2-11(8-12)13(19)16-6-7-17-14(20)18-9-10-4-5-10/h1-3,8,10H,4-7,9H2,(H,16,19)(H2,17,18,20). The van der Waals surface area contributed by atoms with Crippen molar-refractivity contribution in [3.63, 3.8) is 0 Å². The van der Waals surface area contributed by atoms with Gasteiger partial charge in [-0.3, -0.25) is 4.79 Å². The fraction of sp³-hybridized carbons (Fsp3) is 0.429. The fourth-order valence-corrected chi connectivity index (χ4v) is 2.10. The van der Waals surface area contributed by atoms with Crippen molar-refractivity contribution in [2.75, 3.05) is 19.6 Å². The van der Waals surface area contributed by atoms with Crippen LogP contribution in [0.2, 0.25) is 0 Å². The molecular weight excluding hydrogens is 322 g/mol. The van der Waals surface area contributed by atoms with E-state index in [9.17, 15) is 9.59 Å². The van der Waals surface area contributed by atoms with Gasteiger partial charge in [0.05, 0.1) is 0 Å². The Morgan fingerprint density at radius 2 is 1.90 bits per heavy atom. The molecule has 0 spiro atoms. The van der Waals surface area contributed by atoms with Gasteiger partial charge in [-0.1, -0.05) is 22.0 Å². The smallest absolute Gasteiger partial charge is 0.314 e. The predicted molar refractivity (Wildman–Crippen MR) is 80.6 cm³/mol. The Hall–Kier alpha value is -1.56. The second-order valence-electron chi connectivity index (χ2n) is 4.85. The molecule has 1 fully saturated rings. The van der Waals surface area contributed by atoms with Crippen molar-refractivity contribution in [2.45, 2.75) is 12.8 Å². The van der Waals surface area contributed by atoms with E-state index in [0.717, 1.165) is 11.0 Å². The lowest BCUT2D eigenvalue weighted by atomic mass is 10.2. The van der Waals surface area contributed by atoms with Gasteiger partial charge in [-0.25, -0.2) is 4.79 Å². The summed E-state index contributed by atoms with van der Waals surface area (Å²) in [7, 11) is 0. The molecule has 0 saturated heterocycles. The maximum absolute atomic E-state index is 11.8. The SMILES string of the molecule is O=C(NCCNC(=O)c1cccc(Br)c1)NCC1CC1. The van der Waals surface area contributed by atoms with E-state index in [0.29, 0.717) is 24.6 Å². The minimum absolute atomic E-state index is 0.147. The monoisotopic (exact) mass is 339 g/mol. The van der Waals surface area contributed by atoms with Crippen molar-refractivity contribution >= 4 is 27.9 Å². The molecule has 0 atom stereocenters. The van der Waals surface area contributed by atoms with Crippen LogP contribution in [0, 0.1) is 5.92 Å². The molecular formula is C14H18BrN3O2. The largest absolute Gasteiger partial charge is 0.350 e. The van der Waals surface area contributed by atoms with Crippen LogP contribution in [0.4, 0.5) is 4.79 Å². The van der Waals surface area contributed by atoms with E-state index in [1.807, 2.05) is 12.1 Å². The second kappa shape index (κ2) is 7.28. The van der Waals surface area contributed by atoms with Crippen molar-refractivity contribution in [1.29, 1.82) is 0 Å². The summed E-state index contributed by atoms with van der Waals surface area (Å²) in [6.07, 6.45) is 2.42. The van der Waals surface area contributed by atoms with Crippen LogP contribution in [0.5, 0.6) is 0 Å². The van der Waals surface area contributed by atoms with Gasteiger partial charge in [0.1, 0.15) is 0 Å². The van der Waals surface area contributed by atoms with Gasteiger partial charge in [0.2, 0.25) is 0 Å². The van der Waals surface area contributed by atoms with Crippen molar-refractivity contribution < 1.29 is 9.59 Å². The molecule has 0 heterocycles. The molecule has 0 radical (unpaired) electrons. The number of urea groups is 1. The third-order valence-electron chi connectivity index (χ3n) is 3.03. The molecule has 1 aliphatic rings. The zero-order valence-corrected chi connectivity index (χ0v) is 12.7. The van der Waals surface area contributed by atoms with Crippen molar-refractivity contribution in [3.8, 4) is 0 Å². The molecule has 0 aromatic heterocycles. The highest BCUT2D eigenvalue weighted by molar-refractivity contribution is 9.10. The third kappa shape index (κ3) is 5.21. The summed E-state index contributed by atoms with van der Waals surface area (Å²) in [4.78, 5) is 23.2. The summed E-state index contributed by atoms with van der Waals surface area (Å²) in [5.41, 5.74) is 0.595. The molecule has 3 amide bonds. The zero-order chi connectivity index (χ0) is 14.4. The van der Waals surface area contributed by atoms with E-state index in [4.69, 9.17) is 0 Å². The molecule has 1 saturated carbocycles. The Kier molecular flexibility index (Phi) is 5.40. The highest BCUT2D eigenvalue weighted by atomic mass is 79.9. The lowest BCUT2D eigenvalue weighted by Gasteiger charge is -2.08. The maximum Gasteiger partial charge on any atom is 0.314 e. The molecule has 0 bridgehead atoms. The summed E-state index contributed by atoms with van der Waals surface area (Å²) in [6.45, 7) is 1.56. The summed E-state index contributed by atoms with van der Waals surface area (Å²) < 4.78 is 0.864. The number of rotatable bonds is 6. The van der Waals surface area contributed by atoms with Crippen LogP contribution in [-0.2, 0) is 0 Å². The molecule has 108 valence electrons. The molecule has 20 heavy (non-hydrogen) atoms. The van der Waals surface area contributed by atoms with Crippen molar-refractivity contribution in [2.24, 2.45) is 5.92 Å². The Bertz CT molecular complexity index is 489. The summed E-state index contributed by atoms with van der Waals surface area (Å²) in [5, 5.41) is 8.27. The quantitative estimate of drug-likeness (QED) is 0.692. The second-order valence-corrected chi connectivity index (χ2v) is 5.76. The Morgan fingerprint density at radius 3 is 2.60 bits per heavy atom. The first-order chi connectivity index (χ1) is 9.65. The van der Waals surface area contributed by atoms with E-state index in [-0.39, 0.29) is 11.9 Å². The van der Waals surface area contributed by atoms with Crippen molar-refractivity contribution in [1.82, 2.24) is 16.0 Å². The molecule has 5 nitrogen and oxygen atoms in total. The van der Waals surface area contributed by atoms with Gasteiger partial charge in [0, 0.05) is 29.7 Å². The summed E-state index contributed by atoms with van der Waals surface area (Å²) in [6, 6.07) is 7.00. The minimum atomic E-state index is -0.173. The van der Waals surface area contributed by atoms with Crippen LogP contribution >= 0.6 is 15.9 Å². The molecule has 3 N–H and O–H groups in total. The van der Waals surface area contributed by atoms with Crippen LogP contribution in [0.3, 0.4) is 0 Å². The molecule has 0 unspecified atom stereocenters. The van der Waals surface area contributed by atoms with Gasteiger partial charge < -0.3 is 16.0 Å². The molecule has 1 aliphatic carbocycles. The van der Waals surface area contributed by atoms with Gasteiger partial charge in [-0.05, 0) is 37.0 Å². The number of hydrogen-bond acceptors (Lipinski definition) is 2. The van der Waals surface area contributed by atoms with Crippen LogP contribution in [0.15, 0.2) is 28.7 Å². The third-order valence-corrected chi connectivity index (χ3v) is 3.52. The molecule has 6 heteroatoms. The predicted octanol–water partition coefficient (Wildman–Crippen LogP) is 1.89. The van der Waals surface area contributed by atoms with E-state index >= 15 is 0 Å². The fourth-order valence-electron chi connectivity index (χ4n) is 1.71. The topological polar surface area (TPSA) is 70.2 Å². The van der Waals surface area contributed by atoms with E-state index in [1.54, 1.807) is 12.1 Å². The molecule has 1 aromatic rings. The zero-order valence-electron chi connectivity index (χ0n) is 11.1. The average Bonchev–Trinajstić information content (AvgIpc) is 3.25. The highest BCUT2D eigenvalue weighted by Gasteiger charge is 2.21. The van der Waals surface area contributed by atoms with E-state index in [1.165, 1.54) is 12.8 Å². The van der Waals surface area contributed by atoms with Crippen LogP contribution in [0.25, 0.3) is 0 Å². The van der Waals surface area contributed by atoms with Gasteiger partial charge in [-0.15, -0.1) is 0 Å². The number of halogens is 1. The number of carbonyl (C=O) groups is 2. The van der Waals surface area contributed by atoms with Gasteiger partial charge >= 0.3 is 6.03 Å². The van der Waals surface area contributed by atoms with Gasteiger partial charge in [0.25, 0.3) is 5.91 Å². The first-order valence-electron chi connectivity index (χ1n) is 6.70. The van der Waals surface area contributed by atoms with Gasteiger partial charge in [0.15, 0.2) is 0 Å². The normalized spacial score (nSPS) is 13.7. The number of carbonyl (C=O) groups excluding carboxylic acids is 2. The molecule has 1 aromatic carbocycles. The molecule has 2 rings (SSSR count). The number of nitrogens with one attached hydrogen (secondary N) is 3. The lowest BCUT2D eigenvalue weighted by Crippen LogP contribution is -2.40. The van der Waals surface area contributed by atoms with E-state index in [2.05, 4.69) is 31.9 Å². The summed E-state index contributed by atoms with van der Waals surface area (Å²) >= 11 is 3.32. The lowest BCUT2D eigenvalue weighted by molar-refractivity contribution is 0.0953. The number of hydrogen-bond donors (Lipinski definition) is 3. The van der Waals surface area contributed by atoms with Crippen molar-refractivity contribution in [3.05, 3.63) is 34.3 Å². The maximum atomic E-state index is 11.8. The first kappa shape index (κ1) is 14.8. The Balaban J connectivity index is 1.60. The van der Waals surface area contributed by atoms with Crippen LogP contribution in [0.1, 0.15) is 23.2 Å². The first-order valence-corrected chi connectivity index (χ1v) is 7.50. The number of benzene rings is 1. The minimum Gasteiger partial charge on any atom is -0.350 e. The Morgan fingerprint density at radius 1 is 1.15 bits per heavy atom. The Labute approximate surface area is 126 Å². The van der Waals surface area contributed by atoms with Gasteiger partial charge in [-0.2, -0.15) is 0 Å². The molecule has 0 aliphatic heterocycles. The highest BCUT2D eigenvalue weighted by Crippen LogP contribution is 2.27. The van der Waals surface area contributed by atoms with Crippen LogP contribution in [-0.4, -0.2) is 31.6 Å². The van der Waals surface area contributed by atoms with Crippen LogP contribution < -0.4 is 16.0 Å². The summed E-state index contributed by atoms with van der Waals surface area (Å²) in [5.74, 6) is 0.517. The van der Waals surface area contributed by atoms with E-state index < -0.39 is 0 Å².